The van der Waals surface area contributed by atoms with Crippen molar-refractivity contribution < 1.29 is 0 Å². The summed E-state index contributed by atoms with van der Waals surface area (Å²) in [5, 5.41) is 0. The molecule has 0 aliphatic heterocycles. The van der Waals surface area contributed by atoms with Crippen molar-refractivity contribution in [2.24, 2.45) is 0 Å². The maximum Gasteiger partial charge on any atom is 0.0524 e. The Morgan fingerprint density at radius 1 is 1.06 bits per heavy atom. The molecule has 0 fully saturated rings. The van der Waals surface area contributed by atoms with Crippen LogP contribution in [0.3, 0.4) is 0 Å². The Hall–Kier alpha value is -0.990. The van der Waals surface area contributed by atoms with E-state index in [2.05, 4.69) is 41.1 Å². The molecule has 0 spiro atoms. The van der Waals surface area contributed by atoms with Crippen LogP contribution in [0.5, 0.6) is 0 Å². The second-order valence-electron chi connectivity index (χ2n) is 3.65. The summed E-state index contributed by atoms with van der Waals surface area (Å²) in [5.41, 5.74) is 3.43. The minimum atomic E-state index is 0.902. The van der Waals surface area contributed by atoms with Crippen LogP contribution in [0.1, 0.15) is 16.7 Å². The summed E-state index contributed by atoms with van der Waals surface area (Å²) >= 11 is 8.98. The molecule has 0 aromatic heterocycles. The number of hydrogen-bond acceptors (Lipinski definition) is 1. The average molecular weight is 291 g/mol. The van der Waals surface area contributed by atoms with E-state index in [4.69, 9.17) is 12.2 Å². The lowest BCUT2D eigenvalue weighted by Gasteiger charge is -2.07. The summed E-state index contributed by atoms with van der Waals surface area (Å²) in [4.78, 5) is 0.902. The third-order valence-corrected chi connectivity index (χ3v) is 3.43. The summed E-state index contributed by atoms with van der Waals surface area (Å²) in [6, 6.07) is 16.3. The van der Waals surface area contributed by atoms with E-state index in [1.807, 2.05) is 30.3 Å². The largest absolute Gasteiger partial charge is 0.0788 e. The van der Waals surface area contributed by atoms with Gasteiger partial charge in [0.25, 0.3) is 0 Å². The Balaban J connectivity index is 2.44. The van der Waals surface area contributed by atoms with Gasteiger partial charge in [-0.25, -0.2) is 0 Å². The van der Waals surface area contributed by atoms with Crippen LogP contribution in [-0.4, -0.2) is 4.86 Å². The highest BCUT2D eigenvalue weighted by Gasteiger charge is 2.06. The van der Waals surface area contributed by atoms with E-state index in [-0.39, 0.29) is 0 Å². The molecule has 0 saturated carbocycles. The van der Waals surface area contributed by atoms with Crippen LogP contribution in [0.2, 0.25) is 0 Å². The Bertz CT molecular complexity index is 532. The summed E-state index contributed by atoms with van der Waals surface area (Å²) in [7, 11) is 0. The number of thiocarbonyl (C=S) groups is 1. The Morgan fingerprint density at radius 2 is 1.81 bits per heavy atom. The third-order valence-electron chi connectivity index (χ3n) is 2.48. The Kier molecular flexibility index (Phi) is 3.52. The fourth-order valence-electron chi connectivity index (χ4n) is 1.61. The van der Waals surface area contributed by atoms with Crippen molar-refractivity contribution in [3.63, 3.8) is 0 Å². The first-order valence-corrected chi connectivity index (χ1v) is 6.24. The van der Waals surface area contributed by atoms with Gasteiger partial charge in [0, 0.05) is 4.47 Å². The van der Waals surface area contributed by atoms with Gasteiger partial charge in [0.1, 0.15) is 0 Å². The van der Waals surface area contributed by atoms with Crippen LogP contribution in [0, 0.1) is 6.92 Å². The molecule has 2 aromatic rings. The molecule has 0 bridgehead atoms. The maximum atomic E-state index is 5.51. The van der Waals surface area contributed by atoms with Gasteiger partial charge in [-0.05, 0) is 35.7 Å². The highest BCUT2D eigenvalue weighted by atomic mass is 79.9. The molecule has 2 rings (SSSR count). The van der Waals surface area contributed by atoms with Crippen LogP contribution in [0.25, 0.3) is 0 Å². The molecule has 0 N–H and O–H groups in total. The molecule has 0 radical (unpaired) electrons. The van der Waals surface area contributed by atoms with Gasteiger partial charge in [-0.3, -0.25) is 0 Å². The third kappa shape index (κ3) is 2.39. The first kappa shape index (κ1) is 11.5. The van der Waals surface area contributed by atoms with Crippen molar-refractivity contribution in [1.29, 1.82) is 0 Å². The number of halogens is 1. The average Bonchev–Trinajstić information content (AvgIpc) is 2.29. The van der Waals surface area contributed by atoms with E-state index in [0.717, 1.165) is 20.5 Å². The van der Waals surface area contributed by atoms with Gasteiger partial charge in [-0.2, -0.15) is 0 Å². The molecule has 80 valence electrons. The molecule has 0 amide bonds. The van der Waals surface area contributed by atoms with Gasteiger partial charge in [-0.1, -0.05) is 64.5 Å². The van der Waals surface area contributed by atoms with Crippen molar-refractivity contribution in [1.82, 2.24) is 0 Å². The first-order valence-electron chi connectivity index (χ1n) is 5.04. The predicted octanol–water partition coefficient (Wildman–Crippen LogP) is 4.52. The lowest BCUT2D eigenvalue weighted by Crippen LogP contribution is -2.01. The second kappa shape index (κ2) is 4.89. The van der Waals surface area contributed by atoms with Crippen molar-refractivity contribution in [3.8, 4) is 0 Å². The molecule has 0 aliphatic rings. The van der Waals surface area contributed by atoms with Crippen LogP contribution in [-0.2, 0) is 0 Å². The summed E-state index contributed by atoms with van der Waals surface area (Å²) < 4.78 is 1.06. The van der Waals surface area contributed by atoms with Gasteiger partial charge in [0.2, 0.25) is 0 Å². The summed E-state index contributed by atoms with van der Waals surface area (Å²) in [6.45, 7) is 2.08. The molecular formula is C14H11BrS. The molecule has 0 unspecified atom stereocenters. The van der Waals surface area contributed by atoms with E-state index in [9.17, 15) is 0 Å². The Labute approximate surface area is 109 Å². The molecule has 0 heterocycles. The van der Waals surface area contributed by atoms with Crippen LogP contribution in [0.4, 0.5) is 0 Å². The lowest BCUT2D eigenvalue weighted by molar-refractivity contribution is 1.44. The van der Waals surface area contributed by atoms with Gasteiger partial charge in [-0.15, -0.1) is 0 Å². The number of rotatable bonds is 2. The normalized spacial score (nSPS) is 10.1. The minimum absolute atomic E-state index is 0.902. The molecule has 0 atom stereocenters. The Morgan fingerprint density at radius 3 is 2.50 bits per heavy atom. The predicted molar refractivity (Wildman–Crippen MR) is 76.1 cm³/mol. The fourth-order valence-corrected chi connectivity index (χ4v) is 2.37. The smallest absolute Gasteiger partial charge is 0.0524 e. The van der Waals surface area contributed by atoms with E-state index in [0.29, 0.717) is 0 Å². The number of aryl methyl sites for hydroxylation is 1. The molecule has 0 nitrogen and oxygen atoms in total. The van der Waals surface area contributed by atoms with Gasteiger partial charge in [0.05, 0.1) is 4.86 Å². The molecular weight excluding hydrogens is 280 g/mol. The van der Waals surface area contributed by atoms with Crippen LogP contribution < -0.4 is 0 Å². The fraction of sp³-hybridized carbons (Fsp3) is 0.0714. The molecule has 2 aromatic carbocycles. The zero-order chi connectivity index (χ0) is 11.5. The van der Waals surface area contributed by atoms with Crippen molar-refractivity contribution in [2.75, 3.05) is 0 Å². The number of hydrogen-bond donors (Lipinski definition) is 0. The van der Waals surface area contributed by atoms with Crippen LogP contribution >= 0.6 is 28.1 Å². The van der Waals surface area contributed by atoms with Crippen molar-refractivity contribution >= 4 is 33.0 Å². The summed E-state index contributed by atoms with van der Waals surface area (Å²) in [6.07, 6.45) is 0. The van der Waals surface area contributed by atoms with Gasteiger partial charge in [0.15, 0.2) is 0 Å². The maximum absolute atomic E-state index is 5.51. The molecule has 2 heteroatoms. The highest BCUT2D eigenvalue weighted by Crippen LogP contribution is 2.18. The van der Waals surface area contributed by atoms with Crippen molar-refractivity contribution in [2.45, 2.75) is 6.92 Å². The second-order valence-corrected chi connectivity index (χ2v) is 4.98. The van der Waals surface area contributed by atoms with E-state index in [1.165, 1.54) is 5.56 Å². The molecule has 0 saturated heterocycles. The topological polar surface area (TPSA) is 0 Å². The quantitative estimate of drug-likeness (QED) is 0.579. The van der Waals surface area contributed by atoms with E-state index < -0.39 is 0 Å². The molecule has 0 aliphatic carbocycles. The number of benzene rings is 2. The van der Waals surface area contributed by atoms with Gasteiger partial charge < -0.3 is 0 Å². The van der Waals surface area contributed by atoms with Gasteiger partial charge >= 0.3 is 0 Å². The SMILES string of the molecule is Cc1ccccc1C(=S)c1cccc(Br)c1. The monoisotopic (exact) mass is 290 g/mol. The zero-order valence-electron chi connectivity index (χ0n) is 8.91. The zero-order valence-corrected chi connectivity index (χ0v) is 11.3. The van der Waals surface area contributed by atoms with E-state index in [1.54, 1.807) is 0 Å². The molecule has 16 heavy (non-hydrogen) atoms. The standard InChI is InChI=1S/C14H11BrS/c1-10-5-2-3-8-13(10)14(16)11-6-4-7-12(15)9-11/h2-9H,1H3. The van der Waals surface area contributed by atoms with E-state index >= 15 is 0 Å². The minimum Gasteiger partial charge on any atom is -0.0788 e. The highest BCUT2D eigenvalue weighted by molar-refractivity contribution is 9.10. The van der Waals surface area contributed by atoms with Crippen LogP contribution in [0.15, 0.2) is 53.0 Å². The first-order chi connectivity index (χ1) is 7.68. The summed E-state index contributed by atoms with van der Waals surface area (Å²) in [5.74, 6) is 0. The lowest BCUT2D eigenvalue weighted by atomic mass is 10.0. The van der Waals surface area contributed by atoms with Crippen molar-refractivity contribution in [3.05, 3.63) is 69.7 Å².